The number of carbonyl (C=O) groups excluding carboxylic acids is 1. The van der Waals surface area contributed by atoms with Crippen molar-refractivity contribution in [3.05, 3.63) is 65.5 Å². The summed E-state index contributed by atoms with van der Waals surface area (Å²) in [5.74, 6) is -0.126. The van der Waals surface area contributed by atoms with Crippen molar-refractivity contribution in [1.29, 1.82) is 0 Å². The first-order chi connectivity index (χ1) is 10.2. The molecule has 0 aliphatic heterocycles. The van der Waals surface area contributed by atoms with Crippen molar-refractivity contribution in [2.75, 3.05) is 6.61 Å². The molecule has 0 bridgehead atoms. The molecule has 0 atom stereocenters. The van der Waals surface area contributed by atoms with Crippen LogP contribution in [0.15, 0.2) is 48.5 Å². The minimum atomic E-state index is -0.515. The topological polar surface area (TPSA) is 38.3 Å². The fourth-order valence-corrected chi connectivity index (χ4v) is 1.85. The first kappa shape index (κ1) is 15.0. The lowest BCUT2D eigenvalue weighted by molar-refractivity contribution is 0.0947. The summed E-state index contributed by atoms with van der Waals surface area (Å²) in [4.78, 5) is 11.9. The first-order valence-corrected chi connectivity index (χ1v) is 6.95. The van der Waals surface area contributed by atoms with Gasteiger partial charge in [-0.3, -0.25) is 4.79 Å². The van der Waals surface area contributed by atoms with Gasteiger partial charge < -0.3 is 10.1 Å². The van der Waals surface area contributed by atoms with Crippen LogP contribution in [0.1, 0.15) is 29.3 Å². The van der Waals surface area contributed by atoms with Crippen LogP contribution in [-0.4, -0.2) is 12.5 Å². The third-order valence-corrected chi connectivity index (χ3v) is 2.97. The van der Waals surface area contributed by atoms with Gasteiger partial charge in [0.05, 0.1) is 12.2 Å². The summed E-state index contributed by atoms with van der Waals surface area (Å²) in [7, 11) is 0. The van der Waals surface area contributed by atoms with E-state index >= 15 is 0 Å². The molecule has 3 nitrogen and oxygen atoms in total. The van der Waals surface area contributed by atoms with E-state index in [1.54, 1.807) is 12.1 Å². The monoisotopic (exact) mass is 287 g/mol. The van der Waals surface area contributed by atoms with E-state index in [1.807, 2.05) is 31.2 Å². The SMILES string of the molecule is CCCOc1ccc(CNC(=O)c2ccccc2F)cc1. The van der Waals surface area contributed by atoms with Crippen LogP contribution >= 0.6 is 0 Å². The van der Waals surface area contributed by atoms with E-state index in [9.17, 15) is 9.18 Å². The number of nitrogens with one attached hydrogen (secondary N) is 1. The third-order valence-electron chi connectivity index (χ3n) is 2.97. The molecule has 2 rings (SSSR count). The minimum Gasteiger partial charge on any atom is -0.494 e. The van der Waals surface area contributed by atoms with Gasteiger partial charge in [0.25, 0.3) is 5.91 Å². The fourth-order valence-electron chi connectivity index (χ4n) is 1.85. The molecule has 0 radical (unpaired) electrons. The molecule has 0 saturated heterocycles. The molecule has 0 saturated carbocycles. The average Bonchev–Trinajstić information content (AvgIpc) is 2.52. The number of carbonyl (C=O) groups is 1. The molecule has 2 aromatic rings. The molecular weight excluding hydrogens is 269 g/mol. The Labute approximate surface area is 123 Å². The lowest BCUT2D eigenvalue weighted by Crippen LogP contribution is -2.23. The van der Waals surface area contributed by atoms with Gasteiger partial charge in [0, 0.05) is 6.54 Å². The van der Waals surface area contributed by atoms with E-state index in [-0.39, 0.29) is 5.56 Å². The standard InChI is InChI=1S/C17H18FNO2/c1-2-11-21-14-9-7-13(8-10-14)12-19-17(20)15-5-3-4-6-16(15)18/h3-10H,2,11-12H2,1H3,(H,19,20). The maximum absolute atomic E-state index is 13.5. The highest BCUT2D eigenvalue weighted by Gasteiger charge is 2.09. The normalized spacial score (nSPS) is 10.2. The number of halogens is 1. The van der Waals surface area contributed by atoms with Crippen LogP contribution in [0.2, 0.25) is 0 Å². The molecule has 110 valence electrons. The highest BCUT2D eigenvalue weighted by Crippen LogP contribution is 2.13. The zero-order valence-electron chi connectivity index (χ0n) is 11.9. The van der Waals surface area contributed by atoms with E-state index in [2.05, 4.69) is 5.32 Å². The quantitative estimate of drug-likeness (QED) is 0.882. The van der Waals surface area contributed by atoms with Crippen LogP contribution in [0.5, 0.6) is 5.75 Å². The van der Waals surface area contributed by atoms with Gasteiger partial charge in [-0.2, -0.15) is 0 Å². The lowest BCUT2D eigenvalue weighted by Gasteiger charge is -2.08. The molecule has 0 aliphatic rings. The zero-order chi connectivity index (χ0) is 15.1. The minimum absolute atomic E-state index is 0.0559. The van der Waals surface area contributed by atoms with Crippen LogP contribution in [0.3, 0.4) is 0 Å². The van der Waals surface area contributed by atoms with Crippen molar-refractivity contribution in [2.45, 2.75) is 19.9 Å². The summed E-state index contributed by atoms with van der Waals surface area (Å²) in [6, 6.07) is 13.4. The van der Waals surface area contributed by atoms with Crippen molar-refractivity contribution in [3.63, 3.8) is 0 Å². The lowest BCUT2D eigenvalue weighted by atomic mass is 10.2. The molecule has 1 amide bonds. The number of rotatable bonds is 6. The molecule has 1 N–H and O–H groups in total. The molecular formula is C17H18FNO2. The van der Waals surface area contributed by atoms with Crippen molar-refractivity contribution >= 4 is 5.91 Å². The molecule has 0 spiro atoms. The summed E-state index contributed by atoms with van der Waals surface area (Å²) in [5, 5.41) is 2.70. The van der Waals surface area contributed by atoms with Crippen LogP contribution < -0.4 is 10.1 Å². The Balaban J connectivity index is 1.91. The Morgan fingerprint density at radius 1 is 1.14 bits per heavy atom. The largest absolute Gasteiger partial charge is 0.494 e. The summed E-state index contributed by atoms with van der Waals surface area (Å²) < 4.78 is 18.9. The van der Waals surface area contributed by atoms with Gasteiger partial charge in [-0.05, 0) is 36.2 Å². The molecule has 0 unspecified atom stereocenters. The molecule has 4 heteroatoms. The highest BCUT2D eigenvalue weighted by molar-refractivity contribution is 5.94. The molecule has 21 heavy (non-hydrogen) atoms. The second-order valence-electron chi connectivity index (χ2n) is 4.65. The highest BCUT2D eigenvalue weighted by atomic mass is 19.1. The average molecular weight is 287 g/mol. The number of amides is 1. The molecule has 0 heterocycles. The summed E-state index contributed by atoms with van der Waals surface area (Å²) in [6.07, 6.45) is 0.959. The van der Waals surface area contributed by atoms with Gasteiger partial charge in [-0.15, -0.1) is 0 Å². The van der Waals surface area contributed by atoms with Gasteiger partial charge in [0.2, 0.25) is 0 Å². The van der Waals surface area contributed by atoms with E-state index in [0.717, 1.165) is 17.7 Å². The second-order valence-corrected chi connectivity index (χ2v) is 4.65. The molecule has 2 aromatic carbocycles. The molecule has 0 fully saturated rings. The number of ether oxygens (including phenoxy) is 1. The van der Waals surface area contributed by atoms with Crippen LogP contribution in [-0.2, 0) is 6.54 Å². The van der Waals surface area contributed by atoms with Crippen LogP contribution in [0.25, 0.3) is 0 Å². The Morgan fingerprint density at radius 2 is 1.86 bits per heavy atom. The first-order valence-electron chi connectivity index (χ1n) is 6.95. The van der Waals surface area contributed by atoms with Gasteiger partial charge in [0.1, 0.15) is 11.6 Å². The Morgan fingerprint density at radius 3 is 2.52 bits per heavy atom. The Bertz CT molecular complexity index is 596. The molecule has 0 aliphatic carbocycles. The van der Waals surface area contributed by atoms with E-state index in [0.29, 0.717) is 13.2 Å². The summed E-state index contributed by atoms with van der Waals surface area (Å²) >= 11 is 0. The maximum Gasteiger partial charge on any atom is 0.254 e. The van der Waals surface area contributed by atoms with Gasteiger partial charge >= 0.3 is 0 Å². The van der Waals surface area contributed by atoms with E-state index < -0.39 is 11.7 Å². The number of benzene rings is 2. The van der Waals surface area contributed by atoms with Crippen molar-refractivity contribution in [3.8, 4) is 5.75 Å². The predicted molar refractivity (Wildman–Crippen MR) is 79.8 cm³/mol. The Hall–Kier alpha value is -2.36. The van der Waals surface area contributed by atoms with Gasteiger partial charge in [-0.25, -0.2) is 4.39 Å². The smallest absolute Gasteiger partial charge is 0.254 e. The van der Waals surface area contributed by atoms with Gasteiger partial charge in [0.15, 0.2) is 0 Å². The van der Waals surface area contributed by atoms with Crippen molar-refractivity contribution in [2.24, 2.45) is 0 Å². The second kappa shape index (κ2) is 7.43. The maximum atomic E-state index is 13.5. The van der Waals surface area contributed by atoms with Crippen molar-refractivity contribution < 1.29 is 13.9 Å². The third kappa shape index (κ3) is 4.31. The zero-order valence-corrected chi connectivity index (χ0v) is 11.9. The van der Waals surface area contributed by atoms with E-state index in [4.69, 9.17) is 4.74 Å². The Kier molecular flexibility index (Phi) is 5.32. The fraction of sp³-hybridized carbons (Fsp3) is 0.235. The van der Waals surface area contributed by atoms with Crippen molar-refractivity contribution in [1.82, 2.24) is 5.32 Å². The molecule has 0 aromatic heterocycles. The summed E-state index contributed by atoms with van der Waals surface area (Å²) in [6.45, 7) is 3.08. The van der Waals surface area contributed by atoms with E-state index in [1.165, 1.54) is 12.1 Å². The summed E-state index contributed by atoms with van der Waals surface area (Å²) in [5.41, 5.74) is 0.990. The van der Waals surface area contributed by atoms with Gasteiger partial charge in [-0.1, -0.05) is 31.2 Å². The number of hydrogen-bond donors (Lipinski definition) is 1. The van der Waals surface area contributed by atoms with Crippen LogP contribution in [0.4, 0.5) is 4.39 Å². The predicted octanol–water partition coefficient (Wildman–Crippen LogP) is 3.54. The van der Waals surface area contributed by atoms with Crippen LogP contribution in [0, 0.1) is 5.82 Å². The number of hydrogen-bond acceptors (Lipinski definition) is 2.